The van der Waals surface area contributed by atoms with E-state index in [2.05, 4.69) is 0 Å². The smallest absolute Gasteiger partial charge is 0.241 e. The van der Waals surface area contributed by atoms with Crippen LogP contribution < -0.4 is 5.73 Å². The maximum Gasteiger partial charge on any atom is 0.241 e. The van der Waals surface area contributed by atoms with Crippen LogP contribution in [0.25, 0.3) is 5.57 Å². The highest BCUT2D eigenvalue weighted by atomic mass is 19.1. The second-order valence-corrected chi connectivity index (χ2v) is 8.54. The van der Waals surface area contributed by atoms with Gasteiger partial charge in [-0.15, -0.1) is 0 Å². The third-order valence-corrected chi connectivity index (χ3v) is 5.74. The van der Waals surface area contributed by atoms with E-state index in [1.807, 2.05) is 30.3 Å². The molecule has 1 heterocycles. The Morgan fingerprint density at radius 3 is 2.39 bits per heavy atom. The molecule has 0 saturated carbocycles. The molecule has 2 aromatic rings. The summed E-state index contributed by atoms with van der Waals surface area (Å²) >= 11 is 0. The number of halogens is 2. The molecule has 1 aliphatic rings. The predicted octanol–water partition coefficient (Wildman–Crippen LogP) is 3.37. The molecule has 2 N–H and O–H groups in total. The fourth-order valence-corrected chi connectivity index (χ4v) is 3.87. The van der Waals surface area contributed by atoms with Crippen molar-refractivity contribution in [2.24, 2.45) is 11.1 Å². The van der Waals surface area contributed by atoms with Crippen LogP contribution in [0.3, 0.4) is 0 Å². The highest BCUT2D eigenvalue weighted by molar-refractivity contribution is 5.94. The number of amides is 2. The van der Waals surface area contributed by atoms with Crippen LogP contribution in [0.5, 0.6) is 0 Å². The van der Waals surface area contributed by atoms with Gasteiger partial charge in [0.2, 0.25) is 11.8 Å². The summed E-state index contributed by atoms with van der Waals surface area (Å²) in [5.41, 5.74) is 6.56. The Balaban J connectivity index is 2.00. The maximum atomic E-state index is 14.4. The Morgan fingerprint density at radius 1 is 1.13 bits per heavy atom. The fraction of sp³-hybridized carbons (Fsp3) is 0.333. The molecule has 5 nitrogen and oxygen atoms in total. The van der Waals surface area contributed by atoms with Crippen molar-refractivity contribution in [2.45, 2.75) is 25.9 Å². The summed E-state index contributed by atoms with van der Waals surface area (Å²) in [5, 5.41) is 0. The van der Waals surface area contributed by atoms with Crippen molar-refractivity contribution in [1.82, 2.24) is 9.80 Å². The molecule has 2 amide bonds. The second-order valence-electron chi connectivity index (χ2n) is 8.54. The Bertz CT molecular complexity index is 1020. The SMILES string of the molecule is CN(C)C(=O)C(C)(C)[C@H](N)C(=O)N1CC(c2cc(F)ccc2F)=C[C@H]1c1ccccc1. The summed E-state index contributed by atoms with van der Waals surface area (Å²) in [7, 11) is 3.21. The minimum atomic E-state index is -1.14. The van der Waals surface area contributed by atoms with Gasteiger partial charge in [0.25, 0.3) is 0 Å². The van der Waals surface area contributed by atoms with E-state index in [4.69, 9.17) is 5.73 Å². The summed E-state index contributed by atoms with van der Waals surface area (Å²) in [6, 6.07) is 10.9. The van der Waals surface area contributed by atoms with Crippen molar-refractivity contribution in [2.75, 3.05) is 20.6 Å². The molecule has 7 heteroatoms. The first-order valence-electron chi connectivity index (χ1n) is 10.0. The van der Waals surface area contributed by atoms with Crippen LogP contribution in [0.15, 0.2) is 54.6 Å². The van der Waals surface area contributed by atoms with Crippen LogP contribution in [-0.4, -0.2) is 48.3 Å². The summed E-state index contributed by atoms with van der Waals surface area (Å²) in [6.45, 7) is 3.32. The first-order chi connectivity index (χ1) is 14.5. The van der Waals surface area contributed by atoms with Crippen LogP contribution in [-0.2, 0) is 9.59 Å². The van der Waals surface area contributed by atoms with E-state index in [-0.39, 0.29) is 18.0 Å². The molecule has 0 fully saturated rings. The minimum Gasteiger partial charge on any atom is -0.348 e. The number of rotatable bonds is 5. The number of benzene rings is 2. The first kappa shape index (κ1) is 22.6. The second kappa shape index (κ2) is 8.59. The van der Waals surface area contributed by atoms with Crippen LogP contribution >= 0.6 is 0 Å². The minimum absolute atomic E-state index is 0.0543. The zero-order chi connectivity index (χ0) is 22.9. The van der Waals surface area contributed by atoms with Crippen molar-refractivity contribution >= 4 is 17.4 Å². The van der Waals surface area contributed by atoms with Gasteiger partial charge in [-0.05, 0) is 43.2 Å². The predicted molar refractivity (Wildman–Crippen MR) is 116 cm³/mol. The van der Waals surface area contributed by atoms with E-state index in [9.17, 15) is 18.4 Å². The Morgan fingerprint density at radius 2 is 1.77 bits per heavy atom. The monoisotopic (exact) mass is 427 g/mol. The van der Waals surface area contributed by atoms with Crippen LogP contribution in [0.4, 0.5) is 8.78 Å². The first-order valence-corrected chi connectivity index (χ1v) is 10.0. The van der Waals surface area contributed by atoms with Gasteiger partial charge in [0.15, 0.2) is 0 Å². The maximum absolute atomic E-state index is 14.4. The number of nitrogens with zero attached hydrogens (tertiary/aromatic N) is 2. The summed E-state index contributed by atoms with van der Waals surface area (Å²) < 4.78 is 28.2. The normalized spacial score (nSPS) is 17.3. The van der Waals surface area contributed by atoms with E-state index in [1.165, 1.54) is 9.80 Å². The fourth-order valence-electron chi connectivity index (χ4n) is 3.87. The van der Waals surface area contributed by atoms with Gasteiger partial charge in [0.05, 0.1) is 17.5 Å². The molecule has 0 unspecified atom stereocenters. The number of hydrogen-bond donors (Lipinski definition) is 1. The van der Waals surface area contributed by atoms with Crippen LogP contribution in [0.1, 0.15) is 31.0 Å². The van der Waals surface area contributed by atoms with Gasteiger partial charge in [0, 0.05) is 26.2 Å². The third kappa shape index (κ3) is 4.37. The summed E-state index contributed by atoms with van der Waals surface area (Å²) in [6.07, 6.45) is 1.75. The number of hydrogen-bond acceptors (Lipinski definition) is 3. The summed E-state index contributed by atoms with van der Waals surface area (Å²) in [4.78, 5) is 29.0. The van der Waals surface area contributed by atoms with Crippen LogP contribution in [0.2, 0.25) is 0 Å². The summed E-state index contributed by atoms with van der Waals surface area (Å²) in [5.74, 6) is -1.83. The molecule has 0 bridgehead atoms. The molecule has 3 rings (SSSR count). The lowest BCUT2D eigenvalue weighted by atomic mass is 9.82. The molecule has 1 aliphatic heterocycles. The molecule has 164 valence electrons. The van der Waals surface area contributed by atoms with Gasteiger partial charge >= 0.3 is 0 Å². The van der Waals surface area contributed by atoms with Crippen molar-refractivity contribution < 1.29 is 18.4 Å². The molecule has 2 atom stereocenters. The van der Waals surface area contributed by atoms with Gasteiger partial charge in [-0.25, -0.2) is 8.78 Å². The topological polar surface area (TPSA) is 66.6 Å². The molecular formula is C24H27F2N3O2. The number of nitrogens with two attached hydrogens (primary N) is 1. The highest BCUT2D eigenvalue weighted by Gasteiger charge is 2.44. The van der Waals surface area contributed by atoms with Crippen molar-refractivity contribution in [3.05, 3.63) is 77.4 Å². The molecule has 0 aliphatic carbocycles. The van der Waals surface area contributed by atoms with Gasteiger partial charge < -0.3 is 15.5 Å². The van der Waals surface area contributed by atoms with E-state index >= 15 is 0 Å². The standard InChI is InChI=1S/C24H27F2N3O2/c1-24(2,23(31)28(3)4)21(27)22(30)29-14-16(18-13-17(25)10-11-19(18)26)12-20(29)15-8-6-5-7-9-15/h5-13,20-21H,14,27H2,1-4H3/t20-,21+/m0/s1. The van der Waals surface area contributed by atoms with Gasteiger partial charge in [0.1, 0.15) is 11.6 Å². The number of carbonyl (C=O) groups is 2. The van der Waals surface area contributed by atoms with E-state index in [1.54, 1.807) is 34.0 Å². The molecule has 2 aromatic carbocycles. The Labute approximate surface area is 181 Å². The van der Waals surface area contributed by atoms with E-state index < -0.39 is 35.0 Å². The zero-order valence-corrected chi connectivity index (χ0v) is 18.1. The van der Waals surface area contributed by atoms with Gasteiger partial charge in [-0.2, -0.15) is 0 Å². The quantitative estimate of drug-likeness (QED) is 0.796. The number of carbonyl (C=O) groups excluding carboxylic acids is 2. The Hall–Kier alpha value is -3.06. The van der Waals surface area contributed by atoms with E-state index in [0.29, 0.717) is 5.57 Å². The van der Waals surface area contributed by atoms with Crippen molar-refractivity contribution in [3.8, 4) is 0 Å². The average Bonchev–Trinajstić information content (AvgIpc) is 3.19. The van der Waals surface area contributed by atoms with Gasteiger partial charge in [-0.1, -0.05) is 36.4 Å². The van der Waals surface area contributed by atoms with E-state index in [0.717, 1.165) is 23.8 Å². The largest absolute Gasteiger partial charge is 0.348 e. The Kier molecular flexibility index (Phi) is 6.27. The molecular weight excluding hydrogens is 400 g/mol. The average molecular weight is 427 g/mol. The molecule has 31 heavy (non-hydrogen) atoms. The molecule has 0 saturated heterocycles. The lowest BCUT2D eigenvalue weighted by molar-refractivity contribution is -0.146. The molecule has 0 spiro atoms. The third-order valence-electron chi connectivity index (χ3n) is 5.74. The van der Waals surface area contributed by atoms with Gasteiger partial charge in [-0.3, -0.25) is 9.59 Å². The zero-order valence-electron chi connectivity index (χ0n) is 18.1. The molecule has 0 radical (unpaired) electrons. The lowest BCUT2D eigenvalue weighted by Gasteiger charge is -2.36. The van der Waals surface area contributed by atoms with Crippen molar-refractivity contribution in [3.63, 3.8) is 0 Å². The molecule has 0 aromatic heterocycles. The lowest BCUT2D eigenvalue weighted by Crippen LogP contribution is -2.56. The van der Waals surface area contributed by atoms with Crippen molar-refractivity contribution in [1.29, 1.82) is 0 Å². The van der Waals surface area contributed by atoms with Crippen LogP contribution in [0, 0.1) is 17.0 Å². The highest BCUT2D eigenvalue weighted by Crippen LogP contribution is 2.37.